The Hall–Kier alpha value is -0.950. The molecule has 0 N–H and O–H groups in total. The van der Waals surface area contributed by atoms with Crippen molar-refractivity contribution in [3.05, 3.63) is 52.6 Å². The van der Waals surface area contributed by atoms with Crippen molar-refractivity contribution in [2.24, 2.45) is 0 Å². The van der Waals surface area contributed by atoms with Gasteiger partial charge in [0.15, 0.2) is 0 Å². The third-order valence-electron chi connectivity index (χ3n) is 4.18. The van der Waals surface area contributed by atoms with Gasteiger partial charge in [0, 0.05) is 4.90 Å². The fourth-order valence-corrected chi connectivity index (χ4v) is 3.81. The molecule has 0 radical (unpaired) electrons. The largest absolute Gasteiger partial charge is 0.111 e. The summed E-state index contributed by atoms with van der Waals surface area (Å²) >= 11 is 1.96. The molecule has 17 heavy (non-hydrogen) atoms. The summed E-state index contributed by atoms with van der Waals surface area (Å²) in [5, 5.41) is 0. The summed E-state index contributed by atoms with van der Waals surface area (Å²) in [7, 11) is 0. The van der Waals surface area contributed by atoms with E-state index in [9.17, 15) is 0 Å². The van der Waals surface area contributed by atoms with E-state index in [1.807, 2.05) is 11.8 Å². The molecule has 90 valence electrons. The van der Waals surface area contributed by atoms with Gasteiger partial charge in [-0.3, -0.25) is 0 Å². The molecule has 1 heteroatoms. The second-order valence-electron chi connectivity index (χ2n) is 4.95. The zero-order valence-corrected chi connectivity index (χ0v) is 12.1. The number of benzene rings is 1. The Bertz CT molecular complexity index is 468. The molecule has 0 nitrogen and oxygen atoms in total. The maximum Gasteiger partial charge on any atom is 0.0602 e. The molecule has 0 spiro atoms. The predicted octanol–water partition coefficient (Wildman–Crippen LogP) is 5.22. The lowest BCUT2D eigenvalue weighted by atomic mass is 9.98. The van der Waals surface area contributed by atoms with Gasteiger partial charge in [0.1, 0.15) is 0 Å². The maximum absolute atomic E-state index is 2.34. The lowest BCUT2D eigenvalue weighted by Gasteiger charge is -2.28. The number of hydrogen-bond acceptors (Lipinski definition) is 1. The molecule has 0 atom stereocenters. The van der Waals surface area contributed by atoms with Gasteiger partial charge in [0.25, 0.3) is 0 Å². The van der Waals surface area contributed by atoms with Crippen LogP contribution in [0.5, 0.6) is 0 Å². The van der Waals surface area contributed by atoms with Crippen molar-refractivity contribution < 1.29 is 0 Å². The molecule has 1 aromatic carbocycles. The summed E-state index contributed by atoms with van der Waals surface area (Å²) in [6.07, 6.45) is 0. The molecule has 0 unspecified atom stereocenters. The Morgan fingerprint density at radius 2 is 1.29 bits per heavy atom. The molecule has 0 heterocycles. The van der Waals surface area contributed by atoms with Crippen LogP contribution in [0.4, 0.5) is 0 Å². The van der Waals surface area contributed by atoms with Crippen molar-refractivity contribution in [2.45, 2.75) is 44.3 Å². The highest BCUT2D eigenvalue weighted by Crippen LogP contribution is 2.50. The second kappa shape index (κ2) is 4.38. The van der Waals surface area contributed by atoms with Crippen LogP contribution in [0.3, 0.4) is 0 Å². The number of rotatable bonds is 2. The maximum atomic E-state index is 2.34. The Morgan fingerprint density at radius 1 is 0.824 bits per heavy atom. The van der Waals surface area contributed by atoms with Gasteiger partial charge in [-0.1, -0.05) is 18.2 Å². The van der Waals surface area contributed by atoms with Gasteiger partial charge in [-0.05, 0) is 69.0 Å². The zero-order valence-electron chi connectivity index (χ0n) is 11.3. The van der Waals surface area contributed by atoms with E-state index in [4.69, 9.17) is 0 Å². The first-order chi connectivity index (χ1) is 7.97. The van der Waals surface area contributed by atoms with E-state index >= 15 is 0 Å². The second-order valence-corrected chi connectivity index (χ2v) is 6.44. The van der Waals surface area contributed by atoms with E-state index in [-0.39, 0.29) is 4.75 Å². The van der Waals surface area contributed by atoms with Crippen molar-refractivity contribution >= 4 is 11.8 Å². The summed E-state index contributed by atoms with van der Waals surface area (Å²) in [6.45, 7) is 11.4. The van der Waals surface area contributed by atoms with Gasteiger partial charge in [-0.2, -0.15) is 0 Å². The molecule has 0 saturated heterocycles. The van der Waals surface area contributed by atoms with Crippen LogP contribution in [0.15, 0.2) is 57.5 Å². The topological polar surface area (TPSA) is 0 Å². The molecule has 0 aromatic heterocycles. The van der Waals surface area contributed by atoms with Gasteiger partial charge in [0.2, 0.25) is 0 Å². The van der Waals surface area contributed by atoms with Gasteiger partial charge in [-0.15, -0.1) is 11.8 Å². The van der Waals surface area contributed by atoms with Crippen LogP contribution in [0.25, 0.3) is 0 Å². The zero-order chi connectivity index (χ0) is 12.6. The fraction of sp³-hybridized carbons (Fsp3) is 0.375. The summed E-state index contributed by atoms with van der Waals surface area (Å²) in [5.74, 6) is 0. The smallest absolute Gasteiger partial charge is 0.0602 e. The normalized spacial score (nSPS) is 19.1. The van der Waals surface area contributed by atoms with E-state index in [0.717, 1.165) is 0 Å². The summed E-state index contributed by atoms with van der Waals surface area (Å²) in [6, 6.07) is 10.7. The first-order valence-corrected chi connectivity index (χ1v) is 6.89. The summed E-state index contributed by atoms with van der Waals surface area (Å²) < 4.78 is 0.134. The van der Waals surface area contributed by atoms with Crippen molar-refractivity contribution in [1.29, 1.82) is 0 Å². The van der Waals surface area contributed by atoms with Crippen molar-refractivity contribution in [3.63, 3.8) is 0 Å². The highest BCUT2D eigenvalue weighted by Gasteiger charge is 2.36. The SMILES string of the molecule is CC1=C(C)C(C)(Sc2ccccc2)C(C)=C1C. The summed E-state index contributed by atoms with van der Waals surface area (Å²) in [5.41, 5.74) is 5.93. The molecule has 0 amide bonds. The van der Waals surface area contributed by atoms with Crippen LogP contribution in [0.2, 0.25) is 0 Å². The highest BCUT2D eigenvalue weighted by molar-refractivity contribution is 8.01. The predicted molar refractivity (Wildman–Crippen MR) is 77.5 cm³/mol. The quantitative estimate of drug-likeness (QED) is 0.687. The third-order valence-corrected chi connectivity index (χ3v) is 5.71. The minimum atomic E-state index is 0.134. The van der Waals surface area contributed by atoms with E-state index in [2.05, 4.69) is 65.0 Å². The molecular formula is C16H20S. The van der Waals surface area contributed by atoms with Gasteiger partial charge >= 0.3 is 0 Å². The molecule has 0 fully saturated rings. The molecular weight excluding hydrogens is 224 g/mol. The Labute approximate surface area is 109 Å². The number of thioether (sulfide) groups is 1. The molecule has 1 aliphatic rings. The minimum absolute atomic E-state index is 0.134. The molecule has 1 aromatic rings. The van der Waals surface area contributed by atoms with Crippen LogP contribution >= 0.6 is 11.8 Å². The van der Waals surface area contributed by atoms with Crippen LogP contribution in [0.1, 0.15) is 34.6 Å². The highest BCUT2D eigenvalue weighted by atomic mass is 32.2. The molecule has 0 bridgehead atoms. The molecule has 2 rings (SSSR count). The Kier molecular flexibility index (Phi) is 3.22. The van der Waals surface area contributed by atoms with E-state index < -0.39 is 0 Å². The van der Waals surface area contributed by atoms with E-state index in [1.165, 1.54) is 27.2 Å². The van der Waals surface area contributed by atoms with Gasteiger partial charge in [-0.25, -0.2) is 0 Å². The van der Waals surface area contributed by atoms with E-state index in [1.54, 1.807) is 0 Å². The van der Waals surface area contributed by atoms with Gasteiger partial charge < -0.3 is 0 Å². The average molecular weight is 244 g/mol. The fourth-order valence-electron chi connectivity index (χ4n) is 2.44. The molecule has 1 aliphatic carbocycles. The lowest BCUT2D eigenvalue weighted by molar-refractivity contribution is 0.874. The molecule has 0 saturated carbocycles. The van der Waals surface area contributed by atoms with Crippen LogP contribution < -0.4 is 0 Å². The van der Waals surface area contributed by atoms with Crippen molar-refractivity contribution in [3.8, 4) is 0 Å². The van der Waals surface area contributed by atoms with Crippen LogP contribution in [0, 0.1) is 0 Å². The Morgan fingerprint density at radius 3 is 1.76 bits per heavy atom. The van der Waals surface area contributed by atoms with Crippen molar-refractivity contribution in [1.82, 2.24) is 0 Å². The van der Waals surface area contributed by atoms with Crippen LogP contribution in [-0.4, -0.2) is 4.75 Å². The first kappa shape index (κ1) is 12.5. The standard InChI is InChI=1S/C16H20S/c1-11-12(2)14(4)16(5,13(11)3)17-15-9-7-6-8-10-15/h6-10H,1-5H3. The van der Waals surface area contributed by atoms with Gasteiger partial charge in [0.05, 0.1) is 4.75 Å². The monoisotopic (exact) mass is 244 g/mol. The van der Waals surface area contributed by atoms with Crippen molar-refractivity contribution in [2.75, 3.05) is 0 Å². The first-order valence-electron chi connectivity index (χ1n) is 6.07. The Balaban J connectivity index is 2.39. The lowest BCUT2D eigenvalue weighted by Crippen LogP contribution is -2.20. The van der Waals surface area contributed by atoms with Crippen LogP contribution in [-0.2, 0) is 0 Å². The third kappa shape index (κ3) is 1.97. The summed E-state index contributed by atoms with van der Waals surface area (Å²) in [4.78, 5) is 1.34. The minimum Gasteiger partial charge on any atom is -0.111 e. The van der Waals surface area contributed by atoms with E-state index in [0.29, 0.717) is 0 Å². The molecule has 0 aliphatic heterocycles. The number of allylic oxidation sites excluding steroid dienone is 2. The average Bonchev–Trinajstić information content (AvgIpc) is 2.47. The number of hydrogen-bond donors (Lipinski definition) is 0.